The fourth-order valence-electron chi connectivity index (χ4n) is 3.06. The van der Waals surface area contributed by atoms with Crippen LogP contribution in [0.5, 0.6) is 5.75 Å². The van der Waals surface area contributed by atoms with E-state index in [0.29, 0.717) is 5.75 Å². The second kappa shape index (κ2) is 7.61. The zero-order valence-electron chi connectivity index (χ0n) is 16.1. The number of allylic oxidation sites excluding steroid dienone is 1. The maximum atomic E-state index is 12.5. The van der Waals surface area contributed by atoms with Crippen molar-refractivity contribution in [1.82, 2.24) is 0 Å². The van der Waals surface area contributed by atoms with Gasteiger partial charge in [-0.15, -0.1) is 0 Å². The molecule has 0 aliphatic rings. The largest absolute Gasteiger partial charge is 0.496 e. The van der Waals surface area contributed by atoms with E-state index in [9.17, 15) is 4.79 Å². The van der Waals surface area contributed by atoms with Gasteiger partial charge in [-0.2, -0.15) is 0 Å². The number of methoxy groups -OCH3 is 1. The van der Waals surface area contributed by atoms with E-state index in [1.807, 2.05) is 58.0 Å². The van der Waals surface area contributed by atoms with E-state index in [1.54, 1.807) is 13.2 Å². The van der Waals surface area contributed by atoms with Gasteiger partial charge in [0.1, 0.15) is 17.1 Å². The minimum absolute atomic E-state index is 0.180. The van der Waals surface area contributed by atoms with Crippen LogP contribution in [0.3, 0.4) is 0 Å². The number of halogens is 1. The molecular weight excluding hydrogens is 406 g/mol. The summed E-state index contributed by atoms with van der Waals surface area (Å²) in [5.41, 5.74) is 5.35. The smallest absolute Gasteiger partial charge is 0.248 e. The normalized spacial score (nSPS) is 11.7. The molecule has 0 spiro atoms. The van der Waals surface area contributed by atoms with E-state index in [4.69, 9.17) is 9.15 Å². The van der Waals surface area contributed by atoms with Crippen LogP contribution in [0.4, 0.5) is 5.69 Å². The van der Waals surface area contributed by atoms with E-state index < -0.39 is 0 Å². The van der Waals surface area contributed by atoms with E-state index in [-0.39, 0.29) is 5.91 Å². The van der Waals surface area contributed by atoms with Crippen molar-refractivity contribution in [2.45, 2.75) is 27.7 Å². The average molecular weight is 428 g/mol. The third-order valence-electron chi connectivity index (χ3n) is 4.72. The van der Waals surface area contributed by atoms with Gasteiger partial charge in [0.15, 0.2) is 0 Å². The van der Waals surface area contributed by atoms with E-state index >= 15 is 0 Å². The van der Waals surface area contributed by atoms with Crippen molar-refractivity contribution in [3.05, 3.63) is 63.3 Å². The number of fused-ring (bicyclic) bond motifs is 1. The molecule has 3 aromatic rings. The summed E-state index contributed by atoms with van der Waals surface area (Å²) >= 11 is 3.43. The number of carbonyl (C=O) groups excluding carboxylic acids is 1. The van der Waals surface area contributed by atoms with Crippen molar-refractivity contribution in [2.75, 3.05) is 12.4 Å². The van der Waals surface area contributed by atoms with E-state index in [0.717, 1.165) is 49.2 Å². The van der Waals surface area contributed by atoms with Gasteiger partial charge >= 0.3 is 0 Å². The SMILES string of the molecule is COc1cc2oc(C)c(C)c2cc1/C(C)=C/C(=O)Nc1ccc(Br)cc1C. The van der Waals surface area contributed by atoms with Crippen LogP contribution < -0.4 is 10.1 Å². The Balaban J connectivity index is 1.94. The monoisotopic (exact) mass is 427 g/mol. The molecule has 27 heavy (non-hydrogen) atoms. The Morgan fingerprint density at radius 1 is 1.19 bits per heavy atom. The molecule has 5 heteroatoms. The van der Waals surface area contributed by atoms with Crippen LogP contribution in [0.15, 0.2) is 45.3 Å². The molecule has 2 aromatic carbocycles. The highest BCUT2D eigenvalue weighted by molar-refractivity contribution is 9.10. The molecule has 0 radical (unpaired) electrons. The number of ether oxygens (including phenoxy) is 1. The van der Waals surface area contributed by atoms with Crippen molar-refractivity contribution in [3.63, 3.8) is 0 Å². The first-order chi connectivity index (χ1) is 12.8. The van der Waals surface area contributed by atoms with Gasteiger partial charge in [0.25, 0.3) is 0 Å². The first-order valence-corrected chi connectivity index (χ1v) is 9.43. The molecule has 0 saturated carbocycles. The van der Waals surface area contributed by atoms with Crippen LogP contribution in [0.1, 0.15) is 29.4 Å². The van der Waals surface area contributed by atoms with Gasteiger partial charge in [0.05, 0.1) is 7.11 Å². The minimum atomic E-state index is -0.180. The van der Waals surface area contributed by atoms with Gasteiger partial charge in [0.2, 0.25) is 5.91 Å². The van der Waals surface area contributed by atoms with Crippen molar-refractivity contribution >= 4 is 44.1 Å². The summed E-state index contributed by atoms with van der Waals surface area (Å²) < 4.78 is 12.3. The Bertz CT molecular complexity index is 1060. The number of amides is 1. The molecule has 1 heterocycles. The summed E-state index contributed by atoms with van der Waals surface area (Å²) in [7, 11) is 1.62. The zero-order valence-corrected chi connectivity index (χ0v) is 17.7. The van der Waals surface area contributed by atoms with Crippen LogP contribution in [0, 0.1) is 20.8 Å². The fraction of sp³-hybridized carbons (Fsp3) is 0.227. The molecule has 3 rings (SSSR count). The highest BCUT2D eigenvalue weighted by Gasteiger charge is 2.14. The lowest BCUT2D eigenvalue weighted by Gasteiger charge is -2.10. The van der Waals surface area contributed by atoms with Crippen LogP contribution in [0.2, 0.25) is 0 Å². The van der Waals surface area contributed by atoms with Crippen molar-refractivity contribution in [1.29, 1.82) is 0 Å². The summed E-state index contributed by atoms with van der Waals surface area (Å²) in [6, 6.07) is 9.64. The lowest BCUT2D eigenvalue weighted by Crippen LogP contribution is -2.09. The molecular formula is C22H22BrNO3. The molecule has 0 saturated heterocycles. The number of nitrogens with one attached hydrogen (secondary N) is 1. The summed E-state index contributed by atoms with van der Waals surface area (Å²) in [5, 5.41) is 3.96. The molecule has 0 atom stereocenters. The number of hydrogen-bond acceptors (Lipinski definition) is 3. The molecule has 140 valence electrons. The molecule has 1 aromatic heterocycles. The number of furan rings is 1. The van der Waals surface area contributed by atoms with Gasteiger partial charge in [-0.1, -0.05) is 15.9 Å². The highest BCUT2D eigenvalue weighted by atomic mass is 79.9. The van der Waals surface area contributed by atoms with Gasteiger partial charge < -0.3 is 14.5 Å². The predicted octanol–water partition coefficient (Wildman–Crippen LogP) is 6.17. The molecule has 0 aliphatic carbocycles. The van der Waals surface area contributed by atoms with Crippen molar-refractivity contribution < 1.29 is 13.9 Å². The standard InChI is InChI=1S/C22H22BrNO3/c1-12(9-22(25)24-19-7-6-16(23)8-13(19)2)17-10-18-14(3)15(4)27-21(18)11-20(17)26-5/h6-11H,1-5H3,(H,24,25)/b12-9+. The fourth-order valence-corrected chi connectivity index (χ4v) is 3.53. The Morgan fingerprint density at radius 3 is 2.59 bits per heavy atom. The Kier molecular flexibility index (Phi) is 5.42. The quantitative estimate of drug-likeness (QED) is 0.506. The second-order valence-corrected chi connectivity index (χ2v) is 7.52. The van der Waals surface area contributed by atoms with Crippen molar-refractivity contribution in [3.8, 4) is 5.75 Å². The molecule has 1 N–H and O–H groups in total. The number of aryl methyl sites for hydroxylation is 3. The van der Waals surface area contributed by atoms with Crippen LogP contribution in [-0.2, 0) is 4.79 Å². The minimum Gasteiger partial charge on any atom is -0.496 e. The van der Waals surface area contributed by atoms with Gasteiger partial charge in [-0.25, -0.2) is 0 Å². The van der Waals surface area contributed by atoms with Gasteiger partial charge in [-0.05, 0) is 68.7 Å². The van der Waals surface area contributed by atoms with Crippen molar-refractivity contribution in [2.24, 2.45) is 0 Å². The van der Waals surface area contributed by atoms with Crippen LogP contribution in [0.25, 0.3) is 16.5 Å². The molecule has 0 fully saturated rings. The lowest BCUT2D eigenvalue weighted by atomic mass is 10.0. The maximum absolute atomic E-state index is 12.5. The third-order valence-corrected chi connectivity index (χ3v) is 5.21. The number of carbonyl (C=O) groups is 1. The summed E-state index contributed by atoms with van der Waals surface area (Å²) in [6.45, 7) is 7.83. The zero-order chi connectivity index (χ0) is 19.7. The Labute approximate surface area is 167 Å². The van der Waals surface area contributed by atoms with E-state index in [2.05, 4.69) is 21.2 Å². The number of hydrogen-bond donors (Lipinski definition) is 1. The molecule has 0 unspecified atom stereocenters. The van der Waals surface area contributed by atoms with Gasteiger partial charge in [0, 0.05) is 33.3 Å². The Morgan fingerprint density at radius 2 is 1.93 bits per heavy atom. The first-order valence-electron chi connectivity index (χ1n) is 8.63. The summed E-state index contributed by atoms with van der Waals surface area (Å²) in [6.07, 6.45) is 1.59. The molecule has 0 bridgehead atoms. The number of benzene rings is 2. The number of anilines is 1. The molecule has 1 amide bonds. The predicted molar refractivity (Wildman–Crippen MR) is 113 cm³/mol. The van der Waals surface area contributed by atoms with Gasteiger partial charge in [-0.3, -0.25) is 4.79 Å². The highest BCUT2D eigenvalue weighted by Crippen LogP contribution is 2.34. The third kappa shape index (κ3) is 3.93. The number of rotatable bonds is 4. The maximum Gasteiger partial charge on any atom is 0.248 e. The Hall–Kier alpha value is -2.53. The van der Waals surface area contributed by atoms with Crippen LogP contribution >= 0.6 is 15.9 Å². The van der Waals surface area contributed by atoms with Crippen LogP contribution in [-0.4, -0.2) is 13.0 Å². The second-order valence-electron chi connectivity index (χ2n) is 6.61. The lowest BCUT2D eigenvalue weighted by molar-refractivity contribution is -0.111. The average Bonchev–Trinajstić information content (AvgIpc) is 2.89. The molecule has 4 nitrogen and oxygen atoms in total. The topological polar surface area (TPSA) is 51.5 Å². The summed E-state index contributed by atoms with van der Waals surface area (Å²) in [4.78, 5) is 12.5. The first kappa shape index (κ1) is 19.2. The summed E-state index contributed by atoms with van der Waals surface area (Å²) in [5.74, 6) is 1.38. The van der Waals surface area contributed by atoms with E-state index in [1.165, 1.54) is 0 Å². The molecule has 0 aliphatic heterocycles.